The van der Waals surface area contributed by atoms with Gasteiger partial charge in [-0.15, -0.1) is 0 Å². The van der Waals surface area contributed by atoms with Gasteiger partial charge in [0.15, 0.2) is 11.3 Å². The first-order valence-corrected chi connectivity index (χ1v) is 9.48. The third-order valence-corrected chi connectivity index (χ3v) is 4.64. The van der Waals surface area contributed by atoms with Gasteiger partial charge >= 0.3 is 6.18 Å². The molecule has 178 valence electrons. The highest BCUT2D eigenvalue weighted by Crippen LogP contribution is 2.30. The molecule has 0 aliphatic rings. The van der Waals surface area contributed by atoms with E-state index in [1.165, 1.54) is 29.2 Å². The van der Waals surface area contributed by atoms with Crippen LogP contribution in [0.2, 0.25) is 0 Å². The minimum Gasteiger partial charge on any atom is -0.318 e. The molecular formula is C20H13F7N6O. The van der Waals surface area contributed by atoms with Gasteiger partial charge in [-0.1, -0.05) is 12.1 Å². The lowest BCUT2D eigenvalue weighted by Crippen LogP contribution is -2.13. The predicted octanol–water partition coefficient (Wildman–Crippen LogP) is 5.12. The van der Waals surface area contributed by atoms with E-state index in [-0.39, 0.29) is 23.6 Å². The molecule has 3 aromatic heterocycles. The van der Waals surface area contributed by atoms with Gasteiger partial charge in [-0.3, -0.25) is 9.48 Å². The standard InChI is InChI=1S/C20H13F7N6O/c21-17(22)13-5-15(18(23)24)33-16(30-13)6-14(31-33)19(34)29-12-7-28-32(9-12)8-10-2-1-3-11(4-10)20(25,26)27/h1-7,9,17-18H,8H2,(H,29,34). The Labute approximate surface area is 185 Å². The van der Waals surface area contributed by atoms with E-state index in [2.05, 4.69) is 20.5 Å². The highest BCUT2D eigenvalue weighted by Gasteiger charge is 2.30. The van der Waals surface area contributed by atoms with Gasteiger partial charge in [-0.05, 0) is 23.8 Å². The minimum atomic E-state index is -4.50. The summed E-state index contributed by atoms with van der Waals surface area (Å²) >= 11 is 0. The largest absolute Gasteiger partial charge is 0.416 e. The van der Waals surface area contributed by atoms with Crippen LogP contribution in [0.5, 0.6) is 0 Å². The molecule has 7 nitrogen and oxygen atoms in total. The Morgan fingerprint density at radius 1 is 1.06 bits per heavy atom. The van der Waals surface area contributed by atoms with Gasteiger partial charge < -0.3 is 5.32 Å². The Balaban J connectivity index is 1.52. The van der Waals surface area contributed by atoms with Crippen molar-refractivity contribution in [3.63, 3.8) is 0 Å². The highest BCUT2D eigenvalue weighted by molar-refractivity contribution is 6.03. The second kappa shape index (κ2) is 8.76. The zero-order valence-corrected chi connectivity index (χ0v) is 16.8. The van der Waals surface area contributed by atoms with Crippen LogP contribution in [0.1, 0.15) is 45.9 Å². The summed E-state index contributed by atoms with van der Waals surface area (Å²) in [5.41, 5.74) is -2.83. The topological polar surface area (TPSA) is 77.1 Å². The molecular weight excluding hydrogens is 473 g/mol. The maximum absolute atomic E-state index is 13.3. The van der Waals surface area contributed by atoms with Gasteiger partial charge in [0.2, 0.25) is 0 Å². The van der Waals surface area contributed by atoms with Crippen molar-refractivity contribution in [1.82, 2.24) is 24.4 Å². The summed E-state index contributed by atoms with van der Waals surface area (Å²) < 4.78 is 92.9. The van der Waals surface area contributed by atoms with E-state index in [0.717, 1.165) is 18.2 Å². The van der Waals surface area contributed by atoms with E-state index in [1.54, 1.807) is 0 Å². The van der Waals surface area contributed by atoms with Gasteiger partial charge in [-0.25, -0.2) is 27.1 Å². The molecule has 3 heterocycles. The predicted molar refractivity (Wildman–Crippen MR) is 104 cm³/mol. The third kappa shape index (κ3) is 4.84. The van der Waals surface area contributed by atoms with E-state index in [0.29, 0.717) is 16.1 Å². The maximum atomic E-state index is 13.3. The van der Waals surface area contributed by atoms with Gasteiger partial charge in [0, 0.05) is 12.3 Å². The van der Waals surface area contributed by atoms with Crippen molar-refractivity contribution < 1.29 is 35.5 Å². The molecule has 1 aromatic carbocycles. The van der Waals surface area contributed by atoms with E-state index in [1.807, 2.05) is 0 Å². The highest BCUT2D eigenvalue weighted by atomic mass is 19.4. The number of rotatable bonds is 6. The average molecular weight is 486 g/mol. The molecule has 0 bridgehead atoms. The maximum Gasteiger partial charge on any atom is 0.416 e. The monoisotopic (exact) mass is 486 g/mol. The van der Waals surface area contributed by atoms with E-state index >= 15 is 0 Å². The van der Waals surface area contributed by atoms with Crippen LogP contribution in [0.3, 0.4) is 0 Å². The molecule has 1 amide bonds. The number of nitrogens with one attached hydrogen (secondary N) is 1. The van der Waals surface area contributed by atoms with Crippen LogP contribution in [0, 0.1) is 0 Å². The molecule has 4 rings (SSSR count). The number of alkyl halides is 7. The van der Waals surface area contributed by atoms with Crippen molar-refractivity contribution in [3.8, 4) is 0 Å². The molecule has 4 aromatic rings. The van der Waals surface area contributed by atoms with E-state index < -0.39 is 41.9 Å². The lowest BCUT2D eigenvalue weighted by atomic mass is 10.1. The van der Waals surface area contributed by atoms with Crippen molar-refractivity contribution >= 4 is 17.2 Å². The Bertz CT molecular complexity index is 1340. The van der Waals surface area contributed by atoms with Crippen LogP contribution in [0.4, 0.5) is 36.4 Å². The smallest absolute Gasteiger partial charge is 0.318 e. The van der Waals surface area contributed by atoms with Crippen molar-refractivity contribution in [2.75, 3.05) is 5.32 Å². The molecule has 0 saturated carbocycles. The summed E-state index contributed by atoms with van der Waals surface area (Å²) in [5.74, 6) is -0.858. The number of fused-ring (bicyclic) bond motifs is 1. The van der Waals surface area contributed by atoms with Crippen molar-refractivity contribution in [2.45, 2.75) is 25.6 Å². The first-order chi connectivity index (χ1) is 16.0. The molecule has 0 spiro atoms. The molecule has 1 N–H and O–H groups in total. The van der Waals surface area contributed by atoms with Crippen molar-refractivity contribution in [2.24, 2.45) is 0 Å². The molecule has 34 heavy (non-hydrogen) atoms. The van der Waals surface area contributed by atoms with Crippen LogP contribution >= 0.6 is 0 Å². The van der Waals surface area contributed by atoms with Crippen LogP contribution < -0.4 is 5.32 Å². The SMILES string of the molecule is O=C(Nc1cnn(Cc2cccc(C(F)(F)F)c2)c1)c1cc2nc(C(F)F)cc(C(F)F)n2n1. The first-order valence-electron chi connectivity index (χ1n) is 9.48. The number of carbonyl (C=O) groups is 1. The number of amides is 1. The van der Waals surface area contributed by atoms with Crippen molar-refractivity contribution in [3.05, 3.63) is 77.0 Å². The van der Waals surface area contributed by atoms with Gasteiger partial charge in [0.05, 0.1) is 24.0 Å². The van der Waals surface area contributed by atoms with Crippen LogP contribution in [0.25, 0.3) is 5.65 Å². The fraction of sp³-hybridized carbons (Fsp3) is 0.200. The molecule has 0 aliphatic heterocycles. The summed E-state index contributed by atoms with van der Waals surface area (Å²) in [6, 6.07) is 6.13. The minimum absolute atomic E-state index is 0.0216. The summed E-state index contributed by atoms with van der Waals surface area (Å²) in [6.07, 6.45) is -8.18. The lowest BCUT2D eigenvalue weighted by molar-refractivity contribution is -0.137. The molecule has 0 atom stereocenters. The number of halogens is 7. The number of nitrogens with zero attached hydrogens (tertiary/aromatic N) is 5. The normalized spacial score (nSPS) is 12.1. The quantitative estimate of drug-likeness (QED) is 0.384. The van der Waals surface area contributed by atoms with Crippen molar-refractivity contribution in [1.29, 1.82) is 0 Å². The van der Waals surface area contributed by atoms with E-state index in [4.69, 9.17) is 0 Å². The third-order valence-electron chi connectivity index (χ3n) is 4.64. The summed E-state index contributed by atoms with van der Waals surface area (Å²) in [4.78, 5) is 16.0. The molecule has 0 radical (unpaired) electrons. The fourth-order valence-electron chi connectivity index (χ4n) is 3.14. The number of hydrogen-bond acceptors (Lipinski definition) is 4. The lowest BCUT2D eigenvalue weighted by Gasteiger charge is -2.08. The van der Waals surface area contributed by atoms with E-state index in [9.17, 15) is 35.5 Å². The van der Waals surface area contributed by atoms with Gasteiger partial charge in [0.25, 0.3) is 18.8 Å². The van der Waals surface area contributed by atoms with Crippen LogP contribution in [-0.2, 0) is 12.7 Å². The molecule has 0 unspecified atom stereocenters. The zero-order valence-electron chi connectivity index (χ0n) is 16.8. The van der Waals surface area contributed by atoms with Crippen LogP contribution in [0.15, 0.2) is 48.8 Å². The number of carbonyl (C=O) groups excluding carboxylic acids is 1. The second-order valence-corrected chi connectivity index (χ2v) is 7.09. The van der Waals surface area contributed by atoms with Crippen LogP contribution in [-0.4, -0.2) is 30.3 Å². The molecule has 14 heteroatoms. The Kier molecular flexibility index (Phi) is 5.98. The molecule has 0 aliphatic carbocycles. The average Bonchev–Trinajstić information content (AvgIpc) is 3.39. The molecule has 0 saturated heterocycles. The number of aromatic nitrogens is 5. The summed E-state index contributed by atoms with van der Waals surface area (Å²) in [7, 11) is 0. The number of hydrogen-bond donors (Lipinski definition) is 1. The summed E-state index contributed by atoms with van der Waals surface area (Å²) in [6.45, 7) is -0.0216. The zero-order chi connectivity index (χ0) is 24.6. The Hall–Kier alpha value is -3.97. The fourth-order valence-corrected chi connectivity index (χ4v) is 3.14. The summed E-state index contributed by atoms with van der Waals surface area (Å²) in [5, 5.41) is 10.1. The van der Waals surface area contributed by atoms with Gasteiger partial charge in [-0.2, -0.15) is 23.4 Å². The first kappa shape index (κ1) is 23.2. The second-order valence-electron chi connectivity index (χ2n) is 7.09. The number of anilines is 1. The Morgan fingerprint density at radius 3 is 2.50 bits per heavy atom. The Morgan fingerprint density at radius 2 is 1.82 bits per heavy atom. The molecule has 0 fully saturated rings. The number of benzene rings is 1. The van der Waals surface area contributed by atoms with Gasteiger partial charge in [0.1, 0.15) is 11.4 Å².